The number of hydrogen-bond acceptors (Lipinski definition) is 2. The zero-order chi connectivity index (χ0) is 24.3. The number of halogens is 1. The number of carbonyl (C=O) groups is 1. The molecule has 1 aliphatic heterocycles. The lowest BCUT2D eigenvalue weighted by Crippen LogP contribution is -2.61. The van der Waals surface area contributed by atoms with Gasteiger partial charge in [0, 0.05) is 25.9 Å². The van der Waals surface area contributed by atoms with E-state index in [0.29, 0.717) is 23.3 Å². The smallest absolute Gasteiger partial charge is 0.222 e. The van der Waals surface area contributed by atoms with E-state index in [1.54, 1.807) is 12.1 Å². The minimum Gasteiger partial charge on any atom is -0.342 e. The summed E-state index contributed by atoms with van der Waals surface area (Å²) in [7, 11) is 2.04. The second-order valence-electron chi connectivity index (χ2n) is 11.8. The fourth-order valence-corrected chi connectivity index (χ4v) is 8.96. The van der Waals surface area contributed by atoms with Crippen LogP contribution in [0, 0.1) is 40.3 Å². The molecule has 1 aromatic carbocycles. The third-order valence-electron chi connectivity index (χ3n) is 10.7. The predicted molar refractivity (Wildman–Crippen MR) is 135 cm³/mol. The Balaban J connectivity index is 0.00000117. The van der Waals surface area contributed by atoms with E-state index in [4.69, 9.17) is 4.98 Å². The van der Waals surface area contributed by atoms with Gasteiger partial charge in [-0.05, 0) is 97.6 Å². The van der Waals surface area contributed by atoms with E-state index < -0.39 is 0 Å². The van der Waals surface area contributed by atoms with Crippen LogP contribution in [0.3, 0.4) is 0 Å². The van der Waals surface area contributed by atoms with Crippen LogP contribution in [0.4, 0.5) is 4.39 Å². The second-order valence-corrected chi connectivity index (χ2v) is 11.8. The zero-order valence-corrected chi connectivity index (χ0v) is 21.7. The molecule has 4 fully saturated rings. The fraction of sp³-hybridized carbons (Fsp3) is 0.724. The summed E-state index contributed by atoms with van der Waals surface area (Å²) in [5, 5.41) is 0. The number of aromatic amines is 1. The van der Waals surface area contributed by atoms with Crippen molar-refractivity contribution in [2.24, 2.45) is 34.5 Å². The van der Waals surface area contributed by atoms with Gasteiger partial charge in [0.2, 0.25) is 5.91 Å². The number of amides is 1. The number of H-pyrrole nitrogens is 1. The van der Waals surface area contributed by atoms with Crippen LogP contribution in [0.2, 0.25) is 0 Å². The molecule has 6 rings (SSSR count). The normalized spacial score (nSPS) is 39.2. The summed E-state index contributed by atoms with van der Waals surface area (Å²) in [5.41, 5.74) is 2.33. The van der Waals surface area contributed by atoms with Crippen LogP contribution in [0.1, 0.15) is 84.9 Å². The van der Waals surface area contributed by atoms with Gasteiger partial charge in [-0.25, -0.2) is 9.37 Å². The molecule has 2 aromatic rings. The highest BCUT2D eigenvalue weighted by molar-refractivity contribution is 5.77. The molecule has 0 radical (unpaired) electrons. The van der Waals surface area contributed by atoms with Crippen molar-refractivity contribution in [1.29, 1.82) is 0 Å². The fourth-order valence-electron chi connectivity index (χ4n) is 8.96. The van der Waals surface area contributed by atoms with Crippen LogP contribution in [-0.4, -0.2) is 33.9 Å². The lowest BCUT2D eigenvalue weighted by Gasteiger charge is -2.61. The number of rotatable bonds is 2. The minimum atomic E-state index is -0.210. The number of carbonyl (C=O) groups excluding carboxylic acids is 1. The first-order chi connectivity index (χ1) is 16.3. The molecule has 3 aliphatic carbocycles. The molecule has 186 valence electrons. The molecule has 2 heterocycles. The van der Waals surface area contributed by atoms with E-state index in [-0.39, 0.29) is 11.2 Å². The molecule has 7 atom stereocenters. The Bertz CT molecular complexity index is 1060. The Kier molecular flexibility index (Phi) is 6.05. The largest absolute Gasteiger partial charge is 0.342 e. The van der Waals surface area contributed by atoms with E-state index in [1.165, 1.54) is 44.6 Å². The van der Waals surface area contributed by atoms with Crippen LogP contribution < -0.4 is 0 Å². The molecular formula is C29H42FN3O. The molecule has 1 saturated heterocycles. The van der Waals surface area contributed by atoms with Crippen molar-refractivity contribution >= 4 is 16.9 Å². The van der Waals surface area contributed by atoms with Gasteiger partial charge in [0.1, 0.15) is 11.6 Å². The molecular weight excluding hydrogens is 425 g/mol. The van der Waals surface area contributed by atoms with Crippen molar-refractivity contribution in [3.63, 3.8) is 0 Å². The Morgan fingerprint density at radius 1 is 1.06 bits per heavy atom. The van der Waals surface area contributed by atoms with Crippen LogP contribution in [-0.2, 0) is 11.2 Å². The summed E-state index contributed by atoms with van der Waals surface area (Å²) < 4.78 is 13.6. The van der Waals surface area contributed by atoms with Gasteiger partial charge >= 0.3 is 0 Å². The molecule has 0 spiro atoms. The van der Waals surface area contributed by atoms with Gasteiger partial charge in [-0.1, -0.05) is 27.7 Å². The number of imidazole rings is 1. The highest BCUT2D eigenvalue weighted by Crippen LogP contribution is 2.66. The maximum Gasteiger partial charge on any atom is 0.222 e. The van der Waals surface area contributed by atoms with Crippen molar-refractivity contribution in [2.75, 3.05) is 7.05 Å². The zero-order valence-electron chi connectivity index (χ0n) is 21.7. The van der Waals surface area contributed by atoms with E-state index in [9.17, 15) is 9.18 Å². The van der Waals surface area contributed by atoms with Crippen LogP contribution in [0.15, 0.2) is 18.2 Å². The Hall–Kier alpha value is -1.91. The summed E-state index contributed by atoms with van der Waals surface area (Å²) in [6, 6.07) is 5.26. The first-order valence-corrected chi connectivity index (χ1v) is 13.7. The van der Waals surface area contributed by atoms with Gasteiger partial charge < -0.3 is 9.88 Å². The van der Waals surface area contributed by atoms with Gasteiger partial charge in [-0.2, -0.15) is 0 Å². The van der Waals surface area contributed by atoms with Gasteiger partial charge in [0.05, 0.1) is 11.0 Å². The SMILES string of the molecule is CC.CN1C(=O)CCC2(C)C3CCC4(C)C(CC[C@@H]4Cc4nc5ccc(F)cc5[nH]4)C3CCC12. The van der Waals surface area contributed by atoms with Gasteiger partial charge in [0.15, 0.2) is 0 Å². The summed E-state index contributed by atoms with van der Waals surface area (Å²) in [5.74, 6) is 4.13. The van der Waals surface area contributed by atoms with Gasteiger partial charge in [-0.3, -0.25) is 4.79 Å². The molecule has 1 N–H and O–H groups in total. The van der Waals surface area contributed by atoms with Crippen LogP contribution in [0.5, 0.6) is 0 Å². The molecule has 1 amide bonds. The molecule has 0 bridgehead atoms. The number of benzene rings is 1. The average molecular weight is 468 g/mol. The number of aromatic nitrogens is 2. The number of nitrogens with one attached hydrogen (secondary N) is 1. The maximum absolute atomic E-state index is 13.6. The summed E-state index contributed by atoms with van der Waals surface area (Å²) >= 11 is 0. The van der Waals surface area contributed by atoms with Crippen molar-refractivity contribution in [3.05, 3.63) is 29.8 Å². The molecule has 1 aromatic heterocycles. The van der Waals surface area contributed by atoms with E-state index >= 15 is 0 Å². The molecule has 4 nitrogen and oxygen atoms in total. The first kappa shape index (κ1) is 23.8. The van der Waals surface area contributed by atoms with Crippen molar-refractivity contribution in [3.8, 4) is 0 Å². The van der Waals surface area contributed by atoms with Crippen molar-refractivity contribution < 1.29 is 9.18 Å². The first-order valence-electron chi connectivity index (χ1n) is 13.7. The molecule has 3 saturated carbocycles. The third-order valence-corrected chi connectivity index (χ3v) is 10.7. The number of likely N-dealkylation sites (tertiary alicyclic amines) is 1. The van der Waals surface area contributed by atoms with Crippen LogP contribution >= 0.6 is 0 Å². The molecule has 5 heteroatoms. The topological polar surface area (TPSA) is 49.0 Å². The second kappa shape index (κ2) is 8.64. The van der Waals surface area contributed by atoms with E-state index in [1.807, 2.05) is 20.9 Å². The summed E-state index contributed by atoms with van der Waals surface area (Å²) in [4.78, 5) is 22.7. The predicted octanol–water partition coefficient (Wildman–Crippen LogP) is 6.75. The van der Waals surface area contributed by atoms with Gasteiger partial charge in [0.25, 0.3) is 0 Å². The highest BCUT2D eigenvalue weighted by Gasteiger charge is 2.61. The molecule has 34 heavy (non-hydrogen) atoms. The standard InChI is InChI=1S/C27H36FN3O.C2H6/c1-26-12-10-20-18(6-9-23-27(20,2)13-11-25(32)31(23)3)19(26)7-4-16(26)14-24-29-21-8-5-17(28)15-22(21)30-24;1-2/h5,8,15-16,18-20,23H,4,6-7,9-14H2,1-3H3,(H,29,30);1-2H3/t16-,18?,19?,20?,23?,26?,27?;/m1./s1. The van der Waals surface area contributed by atoms with E-state index in [2.05, 4.69) is 23.7 Å². The Labute approximate surface area is 204 Å². The lowest BCUT2D eigenvalue weighted by atomic mass is 9.46. The van der Waals surface area contributed by atoms with E-state index in [0.717, 1.165) is 53.9 Å². The van der Waals surface area contributed by atoms with Crippen molar-refractivity contribution in [1.82, 2.24) is 14.9 Å². The quantitative estimate of drug-likeness (QED) is 0.531. The summed E-state index contributed by atoms with van der Waals surface area (Å²) in [6.45, 7) is 9.05. The van der Waals surface area contributed by atoms with Gasteiger partial charge in [-0.15, -0.1) is 0 Å². The monoisotopic (exact) mass is 467 g/mol. The van der Waals surface area contributed by atoms with Crippen LogP contribution in [0.25, 0.3) is 11.0 Å². The molecule has 4 aliphatic rings. The number of nitrogens with zero attached hydrogens (tertiary/aromatic N) is 2. The molecule has 6 unspecified atom stereocenters. The number of piperidine rings is 1. The number of hydrogen-bond donors (Lipinski definition) is 1. The highest BCUT2D eigenvalue weighted by atomic mass is 19.1. The Morgan fingerprint density at radius 3 is 2.62 bits per heavy atom. The third kappa shape index (κ3) is 3.52. The average Bonchev–Trinajstić information content (AvgIpc) is 3.38. The minimum absolute atomic E-state index is 0.210. The summed E-state index contributed by atoms with van der Waals surface area (Å²) in [6.07, 6.45) is 10.4. The Morgan fingerprint density at radius 2 is 1.82 bits per heavy atom. The maximum atomic E-state index is 13.6. The number of fused-ring (bicyclic) bond motifs is 6. The van der Waals surface area contributed by atoms with Crippen molar-refractivity contribution in [2.45, 2.75) is 91.5 Å². The lowest BCUT2D eigenvalue weighted by molar-refractivity contribution is -0.158.